The molecule has 1 aromatic heterocycles. The molecule has 5 heteroatoms. The topological polar surface area (TPSA) is 35.0 Å². The van der Waals surface area contributed by atoms with E-state index in [1.165, 1.54) is 0 Å². The summed E-state index contributed by atoms with van der Waals surface area (Å²) in [6.45, 7) is 2.29. The van der Waals surface area contributed by atoms with Crippen molar-refractivity contribution in [3.63, 3.8) is 0 Å². The van der Waals surface area contributed by atoms with E-state index in [1.54, 1.807) is 18.2 Å². The van der Waals surface area contributed by atoms with Gasteiger partial charge >= 0.3 is 0 Å². The van der Waals surface area contributed by atoms with E-state index in [9.17, 15) is 0 Å². The summed E-state index contributed by atoms with van der Waals surface area (Å²) in [6, 6.07) is 9.05. The van der Waals surface area contributed by atoms with Crippen LogP contribution in [0.4, 0.5) is 0 Å². The average molecular weight is 269 g/mol. The van der Waals surface area contributed by atoms with Crippen LogP contribution in [0, 0.1) is 6.92 Å². The van der Waals surface area contributed by atoms with Crippen molar-refractivity contribution < 1.29 is 4.74 Å². The number of aryl methyl sites for hydroxylation is 1. The van der Waals surface area contributed by atoms with E-state index in [0.717, 1.165) is 5.56 Å². The maximum atomic E-state index is 6.01. The summed E-state index contributed by atoms with van der Waals surface area (Å²) in [7, 11) is 0. The van der Waals surface area contributed by atoms with Crippen LogP contribution in [0.3, 0.4) is 0 Å². The number of hydrogen-bond acceptors (Lipinski definition) is 3. The molecule has 0 radical (unpaired) electrons. The molecule has 1 heterocycles. The van der Waals surface area contributed by atoms with Crippen LogP contribution in [-0.4, -0.2) is 10.2 Å². The third-order valence-corrected chi connectivity index (χ3v) is 2.66. The first kappa shape index (κ1) is 12.1. The van der Waals surface area contributed by atoms with Crippen LogP contribution in [0.1, 0.15) is 11.3 Å². The monoisotopic (exact) mass is 268 g/mol. The number of ether oxygens (including phenoxy) is 1. The molecule has 17 heavy (non-hydrogen) atoms. The smallest absolute Gasteiger partial charge is 0.151 e. The molecule has 2 aromatic rings. The minimum Gasteiger partial charge on any atom is -0.486 e. The molecule has 0 aliphatic heterocycles. The second-order valence-electron chi connectivity index (χ2n) is 3.57. The first-order chi connectivity index (χ1) is 8.15. The lowest BCUT2D eigenvalue weighted by Gasteiger charge is -2.07. The van der Waals surface area contributed by atoms with E-state index in [0.29, 0.717) is 28.2 Å². The average Bonchev–Trinajstić information content (AvgIpc) is 2.32. The fourth-order valence-electron chi connectivity index (χ4n) is 1.29. The van der Waals surface area contributed by atoms with Crippen molar-refractivity contribution in [1.82, 2.24) is 10.2 Å². The van der Waals surface area contributed by atoms with E-state index in [2.05, 4.69) is 10.2 Å². The van der Waals surface area contributed by atoms with Gasteiger partial charge in [0.25, 0.3) is 0 Å². The van der Waals surface area contributed by atoms with E-state index < -0.39 is 0 Å². The molecule has 0 saturated carbocycles. The molecule has 0 bridgehead atoms. The Morgan fingerprint density at radius 3 is 2.65 bits per heavy atom. The molecule has 2 rings (SSSR count). The summed E-state index contributed by atoms with van der Waals surface area (Å²) in [5, 5.41) is 8.57. The summed E-state index contributed by atoms with van der Waals surface area (Å²) in [5.74, 6) is 0.642. The Hall–Kier alpha value is -1.32. The van der Waals surface area contributed by atoms with Crippen LogP contribution in [0.25, 0.3) is 0 Å². The summed E-state index contributed by atoms with van der Waals surface area (Å²) in [4.78, 5) is 0. The second kappa shape index (κ2) is 5.34. The highest BCUT2D eigenvalue weighted by Gasteiger charge is 2.03. The molecule has 0 atom stereocenters. The van der Waals surface area contributed by atoms with E-state index in [1.807, 2.05) is 19.1 Å². The molecule has 0 spiro atoms. The zero-order valence-corrected chi connectivity index (χ0v) is 10.7. The normalized spacial score (nSPS) is 10.3. The van der Waals surface area contributed by atoms with Gasteiger partial charge in [0.15, 0.2) is 5.15 Å². The lowest BCUT2D eigenvalue weighted by molar-refractivity contribution is 0.300. The van der Waals surface area contributed by atoms with Gasteiger partial charge < -0.3 is 4.74 Å². The van der Waals surface area contributed by atoms with E-state index in [-0.39, 0.29) is 0 Å². The largest absolute Gasteiger partial charge is 0.486 e. The quantitative estimate of drug-likeness (QED) is 0.852. The molecule has 1 aromatic carbocycles. The van der Waals surface area contributed by atoms with Crippen LogP contribution in [0.5, 0.6) is 5.75 Å². The zero-order chi connectivity index (χ0) is 12.3. The van der Waals surface area contributed by atoms with Gasteiger partial charge in [0.1, 0.15) is 18.1 Å². The molecular formula is C12H10Cl2N2O. The van der Waals surface area contributed by atoms with Crippen LogP contribution < -0.4 is 4.74 Å². The van der Waals surface area contributed by atoms with Gasteiger partial charge in [-0.3, -0.25) is 0 Å². The molecule has 0 amide bonds. The summed E-state index contributed by atoms with van der Waals surface area (Å²) in [6.07, 6.45) is 0. The van der Waals surface area contributed by atoms with Crippen LogP contribution >= 0.6 is 23.2 Å². The maximum Gasteiger partial charge on any atom is 0.151 e. The fraction of sp³-hybridized carbons (Fsp3) is 0.167. The number of halogens is 2. The van der Waals surface area contributed by atoms with E-state index in [4.69, 9.17) is 27.9 Å². The van der Waals surface area contributed by atoms with Crippen molar-refractivity contribution in [1.29, 1.82) is 0 Å². The van der Waals surface area contributed by atoms with Gasteiger partial charge in [0.05, 0.1) is 5.02 Å². The molecule has 0 aliphatic carbocycles. The van der Waals surface area contributed by atoms with Crippen molar-refractivity contribution in [3.05, 3.63) is 51.8 Å². The van der Waals surface area contributed by atoms with Gasteiger partial charge in [-0.1, -0.05) is 29.3 Å². The van der Waals surface area contributed by atoms with Gasteiger partial charge in [-0.15, -0.1) is 5.10 Å². The molecule has 0 unspecified atom stereocenters. The number of aromatic nitrogens is 2. The van der Waals surface area contributed by atoms with Crippen molar-refractivity contribution in [3.8, 4) is 5.75 Å². The lowest BCUT2D eigenvalue weighted by atomic mass is 10.2. The number of hydrogen-bond donors (Lipinski definition) is 0. The molecule has 0 fully saturated rings. The van der Waals surface area contributed by atoms with E-state index >= 15 is 0 Å². The molecule has 0 N–H and O–H groups in total. The first-order valence-corrected chi connectivity index (χ1v) is 5.78. The first-order valence-electron chi connectivity index (χ1n) is 5.02. The second-order valence-corrected chi connectivity index (χ2v) is 4.36. The highest BCUT2D eigenvalue weighted by molar-refractivity contribution is 6.32. The summed E-state index contributed by atoms with van der Waals surface area (Å²) in [5.41, 5.74) is 1.79. The molecular weight excluding hydrogens is 259 g/mol. The molecule has 3 nitrogen and oxygen atoms in total. The Morgan fingerprint density at radius 2 is 1.94 bits per heavy atom. The predicted octanol–water partition coefficient (Wildman–Crippen LogP) is 3.67. The molecule has 0 aliphatic rings. The Balaban J connectivity index is 2.07. The van der Waals surface area contributed by atoms with Gasteiger partial charge in [-0.2, -0.15) is 5.10 Å². The molecule has 88 valence electrons. The van der Waals surface area contributed by atoms with Crippen LogP contribution in [-0.2, 0) is 6.61 Å². The maximum absolute atomic E-state index is 6.01. The third kappa shape index (κ3) is 3.32. The zero-order valence-electron chi connectivity index (χ0n) is 9.15. The number of rotatable bonds is 3. The van der Waals surface area contributed by atoms with Crippen molar-refractivity contribution in [2.45, 2.75) is 13.5 Å². The van der Waals surface area contributed by atoms with Crippen molar-refractivity contribution in [2.24, 2.45) is 0 Å². The fourth-order valence-corrected chi connectivity index (χ4v) is 1.57. The SMILES string of the molecule is Cc1ccc(Cl)c(OCc2ccc(Cl)nn2)c1. The third-order valence-electron chi connectivity index (χ3n) is 2.15. The van der Waals surface area contributed by atoms with Crippen molar-refractivity contribution >= 4 is 23.2 Å². The Labute approximate surface area is 109 Å². The highest BCUT2D eigenvalue weighted by atomic mass is 35.5. The minimum absolute atomic E-state index is 0.313. The van der Waals surface area contributed by atoms with Crippen molar-refractivity contribution in [2.75, 3.05) is 0 Å². The van der Waals surface area contributed by atoms with Gasteiger partial charge in [-0.25, -0.2) is 0 Å². The Bertz CT molecular complexity index is 514. The van der Waals surface area contributed by atoms with Gasteiger partial charge in [-0.05, 0) is 36.8 Å². The Kier molecular flexibility index (Phi) is 3.82. The predicted molar refractivity (Wildman–Crippen MR) is 67.6 cm³/mol. The standard InChI is InChI=1S/C12H10Cl2N2O/c1-8-2-4-10(13)11(6-8)17-7-9-3-5-12(14)16-15-9/h2-6H,7H2,1H3. The number of benzene rings is 1. The Morgan fingerprint density at radius 1 is 1.12 bits per heavy atom. The number of nitrogens with zero attached hydrogens (tertiary/aromatic N) is 2. The molecule has 0 saturated heterocycles. The van der Waals surface area contributed by atoms with Crippen LogP contribution in [0.2, 0.25) is 10.2 Å². The highest BCUT2D eigenvalue weighted by Crippen LogP contribution is 2.25. The lowest BCUT2D eigenvalue weighted by Crippen LogP contribution is -2.00. The summed E-state index contributed by atoms with van der Waals surface area (Å²) < 4.78 is 5.57. The van der Waals surface area contributed by atoms with Crippen LogP contribution in [0.15, 0.2) is 30.3 Å². The van der Waals surface area contributed by atoms with Gasteiger partial charge in [0, 0.05) is 0 Å². The van der Waals surface area contributed by atoms with Gasteiger partial charge in [0.2, 0.25) is 0 Å². The minimum atomic E-state index is 0.313. The summed E-state index contributed by atoms with van der Waals surface area (Å²) >= 11 is 11.6.